The monoisotopic (exact) mass is 297 g/mol. The van der Waals surface area contributed by atoms with E-state index in [9.17, 15) is 9.18 Å². The smallest absolute Gasteiger partial charge is 0.248 e. The van der Waals surface area contributed by atoms with Crippen LogP contribution in [0.25, 0.3) is 6.08 Å². The van der Waals surface area contributed by atoms with Crippen molar-refractivity contribution in [1.29, 1.82) is 0 Å². The molecule has 0 unspecified atom stereocenters. The molecule has 0 radical (unpaired) electrons. The summed E-state index contributed by atoms with van der Waals surface area (Å²) in [6.45, 7) is 4.38. The number of halogens is 1. The van der Waals surface area contributed by atoms with Crippen LogP contribution in [0.15, 0.2) is 54.6 Å². The van der Waals surface area contributed by atoms with Crippen LogP contribution < -0.4 is 5.32 Å². The molecule has 2 rings (SSSR count). The number of anilines is 1. The van der Waals surface area contributed by atoms with Gasteiger partial charge in [-0.25, -0.2) is 4.39 Å². The minimum Gasteiger partial charge on any atom is -0.323 e. The predicted molar refractivity (Wildman–Crippen MR) is 89.0 cm³/mol. The van der Waals surface area contributed by atoms with Gasteiger partial charge in [0.1, 0.15) is 5.82 Å². The second-order valence-electron chi connectivity index (χ2n) is 5.67. The van der Waals surface area contributed by atoms with Crippen molar-refractivity contribution in [1.82, 2.24) is 0 Å². The first-order valence-corrected chi connectivity index (χ1v) is 7.36. The summed E-state index contributed by atoms with van der Waals surface area (Å²) in [7, 11) is 0. The Morgan fingerprint density at radius 2 is 1.73 bits per heavy atom. The van der Waals surface area contributed by atoms with Crippen LogP contribution >= 0.6 is 0 Å². The lowest BCUT2D eigenvalue weighted by molar-refractivity contribution is -0.111. The van der Waals surface area contributed by atoms with E-state index in [0.29, 0.717) is 11.6 Å². The van der Waals surface area contributed by atoms with E-state index in [4.69, 9.17) is 0 Å². The molecule has 114 valence electrons. The molecule has 0 fully saturated rings. The fourth-order valence-corrected chi connectivity index (χ4v) is 2.13. The standard InChI is InChI=1S/C19H20FNO/c1-14(2)13-16-5-3-15(4-6-16)7-12-19(22)21-18-10-8-17(20)9-11-18/h3-12,14H,13H2,1-2H3,(H,21,22)/b12-7-. The van der Waals surface area contributed by atoms with Crippen molar-refractivity contribution in [3.05, 3.63) is 71.6 Å². The number of benzene rings is 2. The number of rotatable bonds is 5. The van der Waals surface area contributed by atoms with Crippen LogP contribution in [0.5, 0.6) is 0 Å². The van der Waals surface area contributed by atoms with Gasteiger partial charge in [0.05, 0.1) is 0 Å². The first-order chi connectivity index (χ1) is 10.5. The third-order valence-electron chi connectivity index (χ3n) is 3.16. The third kappa shape index (κ3) is 5.17. The Hall–Kier alpha value is -2.42. The zero-order valence-electron chi connectivity index (χ0n) is 12.8. The van der Waals surface area contributed by atoms with E-state index in [0.717, 1.165) is 12.0 Å². The first kappa shape index (κ1) is 16.0. The van der Waals surface area contributed by atoms with Gasteiger partial charge < -0.3 is 5.32 Å². The van der Waals surface area contributed by atoms with Crippen molar-refractivity contribution in [3.63, 3.8) is 0 Å². The molecule has 2 aromatic carbocycles. The lowest BCUT2D eigenvalue weighted by Crippen LogP contribution is -2.07. The topological polar surface area (TPSA) is 29.1 Å². The van der Waals surface area contributed by atoms with E-state index >= 15 is 0 Å². The van der Waals surface area contributed by atoms with Gasteiger partial charge in [0.15, 0.2) is 0 Å². The summed E-state index contributed by atoms with van der Waals surface area (Å²) in [5.74, 6) is 0.0655. The van der Waals surface area contributed by atoms with E-state index in [2.05, 4.69) is 31.3 Å². The molecule has 0 saturated carbocycles. The molecular formula is C19H20FNO. The fraction of sp³-hybridized carbons (Fsp3) is 0.211. The lowest BCUT2D eigenvalue weighted by Gasteiger charge is -2.05. The summed E-state index contributed by atoms with van der Waals surface area (Å²) in [5, 5.41) is 2.68. The maximum Gasteiger partial charge on any atom is 0.248 e. The van der Waals surface area contributed by atoms with Gasteiger partial charge in [0.2, 0.25) is 5.91 Å². The number of amides is 1. The highest BCUT2D eigenvalue weighted by atomic mass is 19.1. The van der Waals surface area contributed by atoms with Crippen molar-refractivity contribution < 1.29 is 9.18 Å². The highest BCUT2D eigenvalue weighted by Crippen LogP contribution is 2.11. The van der Waals surface area contributed by atoms with Gasteiger partial charge in [-0.05, 0) is 53.8 Å². The van der Waals surface area contributed by atoms with Crippen LogP contribution in [0.2, 0.25) is 0 Å². The SMILES string of the molecule is CC(C)Cc1ccc(/C=C\C(=O)Nc2ccc(F)cc2)cc1. The number of carbonyl (C=O) groups excluding carboxylic acids is 1. The fourth-order valence-electron chi connectivity index (χ4n) is 2.13. The van der Waals surface area contributed by atoms with Gasteiger partial charge in [-0.1, -0.05) is 38.1 Å². The predicted octanol–water partition coefficient (Wildman–Crippen LogP) is 4.68. The van der Waals surface area contributed by atoms with Crippen molar-refractivity contribution in [2.24, 2.45) is 5.92 Å². The largest absolute Gasteiger partial charge is 0.323 e. The molecule has 22 heavy (non-hydrogen) atoms. The Bertz CT molecular complexity index is 642. The highest BCUT2D eigenvalue weighted by Gasteiger charge is 1.99. The summed E-state index contributed by atoms with van der Waals surface area (Å²) in [5.41, 5.74) is 2.84. The summed E-state index contributed by atoms with van der Waals surface area (Å²) in [6, 6.07) is 13.8. The van der Waals surface area contributed by atoms with Crippen LogP contribution in [0.4, 0.5) is 10.1 Å². The molecule has 0 atom stereocenters. The molecule has 2 nitrogen and oxygen atoms in total. The summed E-state index contributed by atoms with van der Waals surface area (Å²) < 4.78 is 12.8. The van der Waals surface area contributed by atoms with Gasteiger partial charge in [0.25, 0.3) is 0 Å². The zero-order chi connectivity index (χ0) is 15.9. The molecule has 0 aliphatic carbocycles. The van der Waals surface area contributed by atoms with Crippen molar-refractivity contribution in [2.45, 2.75) is 20.3 Å². The number of nitrogens with one attached hydrogen (secondary N) is 1. The Labute approximate surface area is 130 Å². The number of carbonyl (C=O) groups is 1. The van der Waals surface area contributed by atoms with Crippen LogP contribution in [0.3, 0.4) is 0 Å². The molecule has 0 spiro atoms. The zero-order valence-corrected chi connectivity index (χ0v) is 12.8. The quantitative estimate of drug-likeness (QED) is 0.798. The molecule has 0 aromatic heterocycles. The molecule has 0 aliphatic heterocycles. The van der Waals surface area contributed by atoms with Gasteiger partial charge in [-0.3, -0.25) is 4.79 Å². The normalized spacial score (nSPS) is 11.1. The van der Waals surface area contributed by atoms with Gasteiger partial charge in [-0.2, -0.15) is 0 Å². The molecule has 1 N–H and O–H groups in total. The van der Waals surface area contributed by atoms with Gasteiger partial charge >= 0.3 is 0 Å². The number of hydrogen-bond donors (Lipinski definition) is 1. The molecule has 2 aromatic rings. The molecule has 3 heteroatoms. The van der Waals surface area contributed by atoms with E-state index in [1.807, 2.05) is 12.1 Å². The second-order valence-corrected chi connectivity index (χ2v) is 5.67. The van der Waals surface area contributed by atoms with Gasteiger partial charge in [0, 0.05) is 11.8 Å². The van der Waals surface area contributed by atoms with Gasteiger partial charge in [-0.15, -0.1) is 0 Å². The minimum atomic E-state index is -0.324. The number of hydrogen-bond acceptors (Lipinski definition) is 1. The Kier molecular flexibility index (Phi) is 5.48. The van der Waals surface area contributed by atoms with Crippen molar-refractivity contribution in [3.8, 4) is 0 Å². The van der Waals surface area contributed by atoms with Crippen LogP contribution in [-0.4, -0.2) is 5.91 Å². The molecule has 0 saturated heterocycles. The second kappa shape index (κ2) is 7.55. The Morgan fingerprint density at radius 3 is 2.32 bits per heavy atom. The molecule has 0 bridgehead atoms. The third-order valence-corrected chi connectivity index (χ3v) is 3.16. The Balaban J connectivity index is 1.93. The molecule has 1 amide bonds. The lowest BCUT2D eigenvalue weighted by atomic mass is 10.0. The molecular weight excluding hydrogens is 277 g/mol. The average Bonchev–Trinajstić information content (AvgIpc) is 2.48. The van der Waals surface area contributed by atoms with Crippen LogP contribution in [0, 0.1) is 11.7 Å². The summed E-state index contributed by atoms with van der Waals surface area (Å²) in [4.78, 5) is 11.8. The maximum atomic E-state index is 12.8. The molecule has 0 aliphatic rings. The summed E-state index contributed by atoms with van der Waals surface area (Å²) in [6.07, 6.45) is 4.29. The van der Waals surface area contributed by atoms with Crippen molar-refractivity contribution >= 4 is 17.7 Å². The van der Waals surface area contributed by atoms with E-state index in [1.165, 1.54) is 35.9 Å². The van der Waals surface area contributed by atoms with Crippen LogP contribution in [0.1, 0.15) is 25.0 Å². The maximum absolute atomic E-state index is 12.8. The molecule has 0 heterocycles. The van der Waals surface area contributed by atoms with Crippen molar-refractivity contribution in [2.75, 3.05) is 5.32 Å². The summed E-state index contributed by atoms with van der Waals surface area (Å²) >= 11 is 0. The van der Waals surface area contributed by atoms with E-state index in [-0.39, 0.29) is 11.7 Å². The highest BCUT2D eigenvalue weighted by molar-refractivity contribution is 6.01. The minimum absolute atomic E-state index is 0.238. The average molecular weight is 297 g/mol. The van der Waals surface area contributed by atoms with Crippen LogP contribution in [-0.2, 0) is 11.2 Å². The van der Waals surface area contributed by atoms with E-state index in [1.54, 1.807) is 6.08 Å². The van der Waals surface area contributed by atoms with E-state index < -0.39 is 0 Å². The first-order valence-electron chi connectivity index (χ1n) is 7.36. The Morgan fingerprint density at radius 1 is 1.09 bits per heavy atom.